The number of ether oxygens (including phenoxy) is 1. The zero-order valence-electron chi connectivity index (χ0n) is 9.84. The van der Waals surface area contributed by atoms with Crippen molar-refractivity contribution in [2.75, 3.05) is 0 Å². The summed E-state index contributed by atoms with van der Waals surface area (Å²) in [6.45, 7) is 3.30. The third-order valence-corrected chi connectivity index (χ3v) is 3.26. The van der Waals surface area contributed by atoms with Gasteiger partial charge in [0.05, 0.1) is 0 Å². The average Bonchev–Trinajstić information content (AvgIpc) is 2.82. The summed E-state index contributed by atoms with van der Waals surface area (Å²) in [7, 11) is 0. The van der Waals surface area contributed by atoms with Crippen molar-refractivity contribution in [2.45, 2.75) is 20.0 Å². The molecule has 88 valence electrons. The standard InChI is InChI=1S/C14H14O2S/c1-10(16-11(2)15)12-3-5-13(6-4-12)14-7-8-17-9-14/h3-10H,1-2H3. The topological polar surface area (TPSA) is 26.3 Å². The van der Waals surface area contributed by atoms with Crippen molar-refractivity contribution in [2.24, 2.45) is 0 Å². The summed E-state index contributed by atoms with van der Waals surface area (Å²) in [6, 6.07) is 10.2. The van der Waals surface area contributed by atoms with Gasteiger partial charge in [-0.05, 0) is 40.4 Å². The largest absolute Gasteiger partial charge is 0.458 e. The third-order valence-electron chi connectivity index (χ3n) is 2.58. The van der Waals surface area contributed by atoms with E-state index in [9.17, 15) is 4.79 Å². The zero-order valence-corrected chi connectivity index (χ0v) is 10.7. The van der Waals surface area contributed by atoms with E-state index in [2.05, 4.69) is 29.0 Å². The summed E-state index contributed by atoms with van der Waals surface area (Å²) in [5.41, 5.74) is 3.42. The van der Waals surface area contributed by atoms with Gasteiger partial charge in [0.15, 0.2) is 0 Å². The molecule has 0 aliphatic rings. The van der Waals surface area contributed by atoms with Crippen LogP contribution in [-0.2, 0) is 9.53 Å². The highest BCUT2D eigenvalue weighted by atomic mass is 32.1. The lowest BCUT2D eigenvalue weighted by Crippen LogP contribution is -2.04. The highest BCUT2D eigenvalue weighted by molar-refractivity contribution is 7.08. The molecule has 1 heterocycles. The minimum Gasteiger partial charge on any atom is -0.458 e. The number of thiophene rings is 1. The van der Waals surface area contributed by atoms with Crippen molar-refractivity contribution < 1.29 is 9.53 Å². The highest BCUT2D eigenvalue weighted by Crippen LogP contribution is 2.24. The lowest BCUT2D eigenvalue weighted by molar-refractivity contribution is -0.145. The Morgan fingerprint density at radius 3 is 2.41 bits per heavy atom. The molecular formula is C14H14O2S. The Kier molecular flexibility index (Phi) is 3.59. The number of hydrogen-bond acceptors (Lipinski definition) is 3. The van der Waals surface area contributed by atoms with Crippen molar-refractivity contribution in [3.63, 3.8) is 0 Å². The SMILES string of the molecule is CC(=O)OC(C)c1ccc(-c2ccsc2)cc1. The molecule has 1 aromatic heterocycles. The molecule has 2 aromatic rings. The molecule has 0 N–H and O–H groups in total. The molecule has 3 heteroatoms. The first-order valence-corrected chi connectivity index (χ1v) is 6.41. The van der Waals surface area contributed by atoms with Gasteiger partial charge in [0.2, 0.25) is 0 Å². The maximum absolute atomic E-state index is 10.9. The molecule has 0 saturated carbocycles. The summed E-state index contributed by atoms with van der Waals surface area (Å²) < 4.78 is 5.13. The van der Waals surface area contributed by atoms with Crippen LogP contribution in [0, 0.1) is 0 Å². The molecule has 0 fully saturated rings. The van der Waals surface area contributed by atoms with Crippen LogP contribution in [0.1, 0.15) is 25.5 Å². The van der Waals surface area contributed by atoms with Crippen LogP contribution in [0.4, 0.5) is 0 Å². The molecule has 17 heavy (non-hydrogen) atoms. The minimum absolute atomic E-state index is 0.191. The Morgan fingerprint density at radius 2 is 1.88 bits per heavy atom. The van der Waals surface area contributed by atoms with Crippen LogP contribution >= 0.6 is 11.3 Å². The quantitative estimate of drug-likeness (QED) is 0.764. The first-order valence-electron chi connectivity index (χ1n) is 5.46. The molecule has 2 nitrogen and oxygen atoms in total. The second-order valence-electron chi connectivity index (χ2n) is 3.89. The number of hydrogen-bond donors (Lipinski definition) is 0. The molecule has 0 bridgehead atoms. The van der Waals surface area contributed by atoms with Crippen molar-refractivity contribution in [3.8, 4) is 11.1 Å². The molecule has 2 rings (SSSR count). The zero-order chi connectivity index (χ0) is 12.3. The Balaban J connectivity index is 2.15. The van der Waals surface area contributed by atoms with Gasteiger partial charge in [-0.25, -0.2) is 0 Å². The van der Waals surface area contributed by atoms with Gasteiger partial charge in [0.1, 0.15) is 6.10 Å². The number of carbonyl (C=O) groups excluding carboxylic acids is 1. The molecule has 0 aliphatic carbocycles. The van der Waals surface area contributed by atoms with E-state index >= 15 is 0 Å². The lowest BCUT2D eigenvalue weighted by atomic mass is 10.0. The summed E-state index contributed by atoms with van der Waals surface area (Å²) in [5.74, 6) is -0.251. The monoisotopic (exact) mass is 246 g/mol. The second-order valence-corrected chi connectivity index (χ2v) is 4.67. The van der Waals surface area contributed by atoms with Gasteiger partial charge in [0.25, 0.3) is 0 Å². The third kappa shape index (κ3) is 2.94. The fourth-order valence-corrected chi connectivity index (χ4v) is 2.36. The molecule has 0 spiro atoms. The molecule has 1 atom stereocenters. The summed E-state index contributed by atoms with van der Waals surface area (Å²) in [5, 5.41) is 4.18. The van der Waals surface area contributed by atoms with Crippen LogP contribution in [0.25, 0.3) is 11.1 Å². The van der Waals surface area contributed by atoms with Gasteiger partial charge < -0.3 is 4.74 Å². The first kappa shape index (κ1) is 11.9. The van der Waals surface area contributed by atoms with Crippen LogP contribution < -0.4 is 0 Å². The van der Waals surface area contributed by atoms with Crippen molar-refractivity contribution in [3.05, 3.63) is 46.7 Å². The number of esters is 1. The predicted octanol–water partition coefficient (Wildman–Crippen LogP) is 4.04. The van der Waals surface area contributed by atoms with E-state index in [1.807, 2.05) is 19.1 Å². The molecule has 0 aliphatic heterocycles. The minimum atomic E-state index is -0.251. The van der Waals surface area contributed by atoms with Crippen LogP contribution in [0.5, 0.6) is 0 Å². The normalized spacial score (nSPS) is 12.1. The number of benzene rings is 1. The Hall–Kier alpha value is -1.61. The van der Waals surface area contributed by atoms with Gasteiger partial charge in [0, 0.05) is 6.92 Å². The number of carbonyl (C=O) groups is 1. The molecule has 0 saturated heterocycles. The van der Waals surface area contributed by atoms with E-state index in [0.29, 0.717) is 0 Å². The fraction of sp³-hybridized carbons (Fsp3) is 0.214. The van der Waals surface area contributed by atoms with Gasteiger partial charge >= 0.3 is 5.97 Å². The molecule has 0 radical (unpaired) electrons. The van der Waals surface area contributed by atoms with Crippen molar-refractivity contribution in [1.82, 2.24) is 0 Å². The molecule has 1 aromatic carbocycles. The van der Waals surface area contributed by atoms with Crippen LogP contribution in [0.3, 0.4) is 0 Å². The maximum atomic E-state index is 10.9. The Bertz CT molecular complexity index is 485. The van der Waals surface area contributed by atoms with Crippen LogP contribution in [0.2, 0.25) is 0 Å². The van der Waals surface area contributed by atoms with E-state index in [1.165, 1.54) is 18.1 Å². The fourth-order valence-electron chi connectivity index (χ4n) is 1.69. The van der Waals surface area contributed by atoms with E-state index in [1.54, 1.807) is 11.3 Å². The van der Waals surface area contributed by atoms with Gasteiger partial charge in [-0.1, -0.05) is 24.3 Å². The predicted molar refractivity (Wildman–Crippen MR) is 69.9 cm³/mol. The van der Waals surface area contributed by atoms with Crippen molar-refractivity contribution in [1.29, 1.82) is 0 Å². The highest BCUT2D eigenvalue weighted by Gasteiger charge is 2.08. The molecule has 1 unspecified atom stereocenters. The number of rotatable bonds is 3. The Labute approximate surface area is 105 Å². The van der Waals surface area contributed by atoms with E-state index in [-0.39, 0.29) is 12.1 Å². The van der Waals surface area contributed by atoms with Crippen LogP contribution in [0.15, 0.2) is 41.1 Å². The summed E-state index contributed by atoms with van der Waals surface area (Å²) in [6.07, 6.45) is -0.191. The average molecular weight is 246 g/mol. The van der Waals surface area contributed by atoms with Crippen LogP contribution in [-0.4, -0.2) is 5.97 Å². The second kappa shape index (κ2) is 5.15. The lowest BCUT2D eigenvalue weighted by Gasteiger charge is -2.12. The smallest absolute Gasteiger partial charge is 0.303 e. The summed E-state index contributed by atoms with van der Waals surface area (Å²) in [4.78, 5) is 10.9. The van der Waals surface area contributed by atoms with Gasteiger partial charge in [-0.3, -0.25) is 4.79 Å². The van der Waals surface area contributed by atoms with E-state index in [0.717, 1.165) is 5.56 Å². The maximum Gasteiger partial charge on any atom is 0.303 e. The van der Waals surface area contributed by atoms with Gasteiger partial charge in [-0.15, -0.1) is 0 Å². The first-order chi connectivity index (χ1) is 8.16. The van der Waals surface area contributed by atoms with Gasteiger partial charge in [-0.2, -0.15) is 11.3 Å². The molecular weight excluding hydrogens is 232 g/mol. The summed E-state index contributed by atoms with van der Waals surface area (Å²) >= 11 is 1.68. The van der Waals surface area contributed by atoms with Crippen molar-refractivity contribution >= 4 is 17.3 Å². The molecule has 0 amide bonds. The van der Waals surface area contributed by atoms with E-state index in [4.69, 9.17) is 4.74 Å². The van der Waals surface area contributed by atoms with E-state index < -0.39 is 0 Å². The Morgan fingerprint density at radius 1 is 1.18 bits per heavy atom.